The van der Waals surface area contributed by atoms with Crippen LogP contribution in [0.1, 0.15) is 28.8 Å². The van der Waals surface area contributed by atoms with Crippen LogP contribution in [0, 0.1) is 0 Å². The van der Waals surface area contributed by atoms with Gasteiger partial charge >= 0.3 is 0 Å². The monoisotopic (exact) mass is 251 g/mol. The minimum atomic E-state index is 0.0354. The summed E-state index contributed by atoms with van der Waals surface area (Å²) in [4.78, 5) is 18.3. The molecule has 0 bridgehead atoms. The summed E-state index contributed by atoms with van der Waals surface area (Å²) < 4.78 is 0. The van der Waals surface area contributed by atoms with Gasteiger partial charge in [0.2, 0.25) is 0 Å². The van der Waals surface area contributed by atoms with E-state index in [4.69, 9.17) is 5.73 Å². The molecule has 5 heteroatoms. The Morgan fingerprint density at radius 3 is 3.12 bits per heavy atom. The summed E-state index contributed by atoms with van der Waals surface area (Å²) in [5, 5.41) is 2.78. The second kappa shape index (κ2) is 5.42. The third kappa shape index (κ3) is 2.92. The van der Waals surface area contributed by atoms with E-state index in [1.165, 1.54) is 16.9 Å². The van der Waals surface area contributed by atoms with Crippen molar-refractivity contribution in [3.8, 4) is 0 Å². The summed E-state index contributed by atoms with van der Waals surface area (Å²) >= 11 is 1.51. The fourth-order valence-electron chi connectivity index (χ4n) is 1.76. The topological polar surface area (TPSA) is 59.2 Å². The number of amides is 1. The highest BCUT2D eigenvalue weighted by molar-refractivity contribution is 7.09. The Labute approximate surface area is 105 Å². The molecule has 1 aromatic heterocycles. The molecule has 0 saturated heterocycles. The number of nitrogens with two attached hydrogens (primary N) is 1. The summed E-state index contributed by atoms with van der Waals surface area (Å²) in [7, 11) is 0. The molecule has 1 aliphatic rings. The molecule has 0 aliphatic carbocycles. The lowest BCUT2D eigenvalue weighted by atomic mass is 10.1. The van der Waals surface area contributed by atoms with Crippen LogP contribution < -0.4 is 5.73 Å². The first-order valence-corrected chi connectivity index (χ1v) is 6.68. The smallest absolute Gasteiger partial charge is 0.273 e. The number of thiazole rings is 1. The van der Waals surface area contributed by atoms with Crippen LogP contribution in [0.4, 0.5) is 0 Å². The Kier molecular flexibility index (Phi) is 3.91. The van der Waals surface area contributed by atoms with E-state index < -0.39 is 0 Å². The van der Waals surface area contributed by atoms with Crippen molar-refractivity contribution in [2.45, 2.75) is 19.8 Å². The fourth-order valence-corrected chi connectivity index (χ4v) is 2.55. The SMILES string of the molecule is CC1=CCN(C(=O)c2csc(CCN)n2)CC1. The second-order valence-corrected chi connectivity index (χ2v) is 5.16. The third-order valence-corrected chi connectivity index (χ3v) is 3.76. The van der Waals surface area contributed by atoms with E-state index in [2.05, 4.69) is 18.0 Å². The van der Waals surface area contributed by atoms with Gasteiger partial charge in [-0.05, 0) is 19.9 Å². The lowest BCUT2D eigenvalue weighted by molar-refractivity contribution is 0.0764. The van der Waals surface area contributed by atoms with Gasteiger partial charge in [0.05, 0.1) is 5.01 Å². The van der Waals surface area contributed by atoms with Crippen LogP contribution in [0.15, 0.2) is 17.0 Å². The number of hydrogen-bond acceptors (Lipinski definition) is 4. The predicted molar refractivity (Wildman–Crippen MR) is 69.1 cm³/mol. The van der Waals surface area contributed by atoms with Crippen molar-refractivity contribution in [3.05, 3.63) is 27.7 Å². The van der Waals surface area contributed by atoms with E-state index >= 15 is 0 Å². The standard InChI is InChI=1S/C12H17N3OS/c1-9-3-6-15(7-4-9)12(16)10-8-17-11(14-10)2-5-13/h3,8H,2,4-7,13H2,1H3. The number of carbonyl (C=O) groups is 1. The molecule has 92 valence electrons. The van der Waals surface area contributed by atoms with Crippen molar-refractivity contribution in [2.24, 2.45) is 5.73 Å². The molecule has 0 atom stereocenters. The van der Waals surface area contributed by atoms with Crippen LogP contribution in [-0.4, -0.2) is 35.4 Å². The molecule has 0 aromatic carbocycles. The van der Waals surface area contributed by atoms with Crippen LogP contribution >= 0.6 is 11.3 Å². The van der Waals surface area contributed by atoms with E-state index in [-0.39, 0.29) is 5.91 Å². The van der Waals surface area contributed by atoms with Gasteiger partial charge in [-0.3, -0.25) is 4.79 Å². The van der Waals surface area contributed by atoms with Gasteiger partial charge in [-0.25, -0.2) is 4.98 Å². The molecule has 4 nitrogen and oxygen atoms in total. The number of rotatable bonds is 3. The van der Waals surface area contributed by atoms with Gasteiger partial charge in [0.1, 0.15) is 5.69 Å². The molecule has 2 N–H and O–H groups in total. The Morgan fingerprint density at radius 2 is 2.47 bits per heavy atom. The van der Waals surface area contributed by atoms with Crippen LogP contribution in [0.5, 0.6) is 0 Å². The van der Waals surface area contributed by atoms with Crippen molar-refractivity contribution in [1.29, 1.82) is 0 Å². The first-order chi connectivity index (χ1) is 8.20. The molecular weight excluding hydrogens is 234 g/mol. The highest BCUT2D eigenvalue weighted by atomic mass is 32.1. The molecule has 0 spiro atoms. The minimum Gasteiger partial charge on any atom is -0.333 e. The number of aromatic nitrogens is 1. The van der Waals surface area contributed by atoms with Gasteiger partial charge in [-0.2, -0.15) is 0 Å². The first kappa shape index (κ1) is 12.3. The number of nitrogens with zero attached hydrogens (tertiary/aromatic N) is 2. The van der Waals surface area contributed by atoms with E-state index in [9.17, 15) is 4.79 Å². The van der Waals surface area contributed by atoms with Crippen LogP contribution in [-0.2, 0) is 6.42 Å². The van der Waals surface area contributed by atoms with Gasteiger partial charge in [-0.1, -0.05) is 11.6 Å². The second-order valence-electron chi connectivity index (χ2n) is 4.22. The average Bonchev–Trinajstić information content (AvgIpc) is 2.78. The van der Waals surface area contributed by atoms with Crippen molar-refractivity contribution in [1.82, 2.24) is 9.88 Å². The van der Waals surface area contributed by atoms with Gasteiger partial charge in [-0.15, -0.1) is 11.3 Å². The summed E-state index contributed by atoms with van der Waals surface area (Å²) in [6.07, 6.45) is 3.82. The number of carbonyl (C=O) groups excluding carboxylic acids is 1. The van der Waals surface area contributed by atoms with Crippen molar-refractivity contribution >= 4 is 17.2 Å². The Balaban J connectivity index is 2.04. The summed E-state index contributed by atoms with van der Waals surface area (Å²) in [5.41, 5.74) is 7.39. The average molecular weight is 251 g/mol. The maximum atomic E-state index is 12.1. The van der Waals surface area contributed by atoms with Gasteiger partial charge in [0, 0.05) is 24.9 Å². The zero-order chi connectivity index (χ0) is 12.3. The Bertz CT molecular complexity index is 439. The molecule has 0 saturated carbocycles. The third-order valence-electron chi connectivity index (χ3n) is 2.85. The van der Waals surface area contributed by atoms with E-state index in [0.717, 1.165) is 24.4 Å². The van der Waals surface area contributed by atoms with Crippen LogP contribution in [0.25, 0.3) is 0 Å². The first-order valence-electron chi connectivity index (χ1n) is 5.80. The zero-order valence-electron chi connectivity index (χ0n) is 9.98. The number of hydrogen-bond donors (Lipinski definition) is 1. The van der Waals surface area contributed by atoms with E-state index in [1.807, 2.05) is 10.3 Å². The highest BCUT2D eigenvalue weighted by Gasteiger charge is 2.19. The lowest BCUT2D eigenvalue weighted by Gasteiger charge is -2.24. The van der Waals surface area contributed by atoms with Gasteiger partial charge in [0.25, 0.3) is 5.91 Å². The molecule has 0 fully saturated rings. The molecule has 2 heterocycles. The fraction of sp³-hybridized carbons (Fsp3) is 0.500. The Hall–Kier alpha value is -1.20. The maximum Gasteiger partial charge on any atom is 0.273 e. The van der Waals surface area contributed by atoms with Crippen LogP contribution in [0.3, 0.4) is 0 Å². The van der Waals surface area contributed by atoms with Crippen LogP contribution in [0.2, 0.25) is 0 Å². The highest BCUT2D eigenvalue weighted by Crippen LogP contribution is 2.15. The summed E-state index contributed by atoms with van der Waals surface area (Å²) in [5.74, 6) is 0.0354. The molecular formula is C12H17N3OS. The molecule has 0 radical (unpaired) electrons. The van der Waals surface area contributed by atoms with Gasteiger partial charge in [0.15, 0.2) is 0 Å². The lowest BCUT2D eigenvalue weighted by Crippen LogP contribution is -2.34. The summed E-state index contributed by atoms with van der Waals surface area (Å²) in [6, 6.07) is 0. The van der Waals surface area contributed by atoms with E-state index in [1.54, 1.807) is 0 Å². The van der Waals surface area contributed by atoms with E-state index in [0.29, 0.717) is 18.8 Å². The molecule has 1 aliphatic heterocycles. The largest absolute Gasteiger partial charge is 0.333 e. The minimum absolute atomic E-state index is 0.0354. The van der Waals surface area contributed by atoms with Crippen molar-refractivity contribution in [3.63, 3.8) is 0 Å². The molecule has 17 heavy (non-hydrogen) atoms. The normalized spacial score (nSPS) is 15.9. The Morgan fingerprint density at radius 1 is 1.65 bits per heavy atom. The molecule has 2 rings (SSSR count). The summed E-state index contributed by atoms with van der Waals surface area (Å²) in [6.45, 7) is 4.18. The molecule has 1 amide bonds. The van der Waals surface area contributed by atoms with Crippen molar-refractivity contribution in [2.75, 3.05) is 19.6 Å². The van der Waals surface area contributed by atoms with Gasteiger partial charge < -0.3 is 10.6 Å². The maximum absolute atomic E-state index is 12.1. The molecule has 1 aromatic rings. The quantitative estimate of drug-likeness (QED) is 0.827. The molecule has 0 unspecified atom stereocenters. The predicted octanol–water partition coefficient (Wildman–Crippen LogP) is 1.44. The van der Waals surface area contributed by atoms with Crippen molar-refractivity contribution < 1.29 is 4.79 Å². The zero-order valence-corrected chi connectivity index (χ0v) is 10.8.